The molecular weight excluding hydrogens is 406 g/mol. The van der Waals surface area contributed by atoms with Gasteiger partial charge in [-0.1, -0.05) is 30.4 Å². The van der Waals surface area contributed by atoms with Crippen molar-refractivity contribution in [1.82, 2.24) is 14.8 Å². The molecule has 0 radical (unpaired) electrons. The largest absolute Gasteiger partial charge is 0.486 e. The highest BCUT2D eigenvalue weighted by Crippen LogP contribution is 2.28. The Morgan fingerprint density at radius 2 is 1.90 bits per heavy atom. The zero-order chi connectivity index (χ0) is 22.3. The summed E-state index contributed by atoms with van der Waals surface area (Å²) < 4.78 is 6.24. The number of thiocarbonyl (C=S) groups is 1. The number of ether oxygens (including phenoxy) is 1. The van der Waals surface area contributed by atoms with Crippen LogP contribution in [0.15, 0.2) is 42.5 Å². The van der Waals surface area contributed by atoms with Gasteiger partial charge in [-0.15, -0.1) is 0 Å². The maximum absolute atomic E-state index is 9.55. The third-order valence-electron chi connectivity index (χ3n) is 4.28. The van der Waals surface area contributed by atoms with E-state index in [-0.39, 0.29) is 6.10 Å². The van der Waals surface area contributed by atoms with Crippen LogP contribution in [-0.4, -0.2) is 82.3 Å². The van der Waals surface area contributed by atoms with Gasteiger partial charge in [-0.2, -0.15) is 0 Å². The fourth-order valence-electron chi connectivity index (χ4n) is 2.82. The van der Waals surface area contributed by atoms with Crippen LogP contribution in [0.5, 0.6) is 5.75 Å². The summed E-state index contributed by atoms with van der Waals surface area (Å²) in [6.45, 7) is 1.78. The lowest BCUT2D eigenvalue weighted by Crippen LogP contribution is -2.35. The summed E-state index contributed by atoms with van der Waals surface area (Å²) in [4.78, 5) is 28.8. The van der Waals surface area contributed by atoms with E-state index in [0.717, 1.165) is 46.8 Å². The van der Waals surface area contributed by atoms with Gasteiger partial charge in [-0.05, 0) is 32.6 Å². The van der Waals surface area contributed by atoms with E-state index in [1.54, 1.807) is 0 Å². The Kier molecular flexibility index (Phi) is 8.25. The quantitative estimate of drug-likeness (QED) is 0.545. The van der Waals surface area contributed by atoms with Crippen LogP contribution < -0.4 is 4.74 Å². The molecule has 9 heteroatoms. The van der Waals surface area contributed by atoms with Crippen molar-refractivity contribution in [2.45, 2.75) is 12.5 Å². The van der Waals surface area contributed by atoms with Crippen LogP contribution in [0.1, 0.15) is 12.1 Å². The van der Waals surface area contributed by atoms with E-state index in [4.69, 9.17) is 32.2 Å². The summed E-state index contributed by atoms with van der Waals surface area (Å²) >= 11 is 5.59. The first-order chi connectivity index (χ1) is 14.2. The number of nitrogens with zero attached hydrogens (tertiary/aromatic N) is 3. The van der Waals surface area contributed by atoms with Crippen molar-refractivity contribution in [2.75, 3.05) is 34.2 Å². The Bertz CT molecular complexity index is 945. The molecule has 1 aliphatic rings. The van der Waals surface area contributed by atoms with Crippen LogP contribution in [-0.2, 0) is 9.59 Å². The Balaban J connectivity index is 0.000000343. The predicted molar refractivity (Wildman–Crippen MR) is 118 cm³/mol. The molecule has 160 valence electrons. The smallest absolute Gasteiger partial charge is 0.328 e. The molecule has 8 nitrogen and oxygen atoms in total. The van der Waals surface area contributed by atoms with Gasteiger partial charge in [0.25, 0.3) is 0 Å². The molecule has 0 amide bonds. The second kappa shape index (κ2) is 10.7. The van der Waals surface area contributed by atoms with Crippen LogP contribution in [0.25, 0.3) is 10.9 Å². The predicted octanol–water partition coefficient (Wildman–Crippen LogP) is 2.27. The average Bonchev–Trinajstić information content (AvgIpc) is 2.80. The van der Waals surface area contributed by atoms with E-state index in [0.29, 0.717) is 12.2 Å². The van der Waals surface area contributed by atoms with Gasteiger partial charge in [0.05, 0.1) is 12.1 Å². The van der Waals surface area contributed by atoms with Crippen molar-refractivity contribution in [3.63, 3.8) is 0 Å². The van der Waals surface area contributed by atoms with Crippen LogP contribution in [0.4, 0.5) is 0 Å². The molecule has 0 saturated carbocycles. The maximum Gasteiger partial charge on any atom is 0.328 e. The molecule has 0 bridgehead atoms. The highest BCUT2D eigenvalue weighted by Gasteiger charge is 2.25. The molecule has 30 heavy (non-hydrogen) atoms. The van der Waals surface area contributed by atoms with E-state index < -0.39 is 11.9 Å². The molecule has 1 aromatic heterocycles. The van der Waals surface area contributed by atoms with E-state index in [2.05, 4.69) is 36.0 Å². The fraction of sp³-hybridized carbons (Fsp3) is 0.333. The minimum Gasteiger partial charge on any atom is -0.486 e. The Hall–Kier alpha value is -3.04. The van der Waals surface area contributed by atoms with Crippen LogP contribution in [0, 0.1) is 0 Å². The number of hydrogen-bond donors (Lipinski definition) is 2. The number of aromatic nitrogens is 1. The number of rotatable bonds is 5. The lowest BCUT2D eigenvalue weighted by molar-refractivity contribution is -0.134. The fourth-order valence-corrected chi connectivity index (χ4v) is 3.04. The number of carbonyl (C=O) groups is 2. The maximum atomic E-state index is 9.55. The van der Waals surface area contributed by atoms with Crippen molar-refractivity contribution in [1.29, 1.82) is 0 Å². The molecule has 1 aliphatic heterocycles. The van der Waals surface area contributed by atoms with Crippen molar-refractivity contribution in [3.05, 3.63) is 48.2 Å². The number of para-hydroxylation sites is 1. The molecule has 1 aromatic carbocycles. The van der Waals surface area contributed by atoms with Gasteiger partial charge >= 0.3 is 11.9 Å². The number of fused-ring (bicyclic) bond motifs is 2. The Labute approximate surface area is 180 Å². The molecule has 3 rings (SSSR count). The highest BCUT2D eigenvalue weighted by atomic mass is 32.1. The summed E-state index contributed by atoms with van der Waals surface area (Å²) in [6.07, 6.45) is 2.20. The zero-order valence-electron chi connectivity index (χ0n) is 17.1. The van der Waals surface area contributed by atoms with Gasteiger partial charge in [0.1, 0.15) is 22.5 Å². The molecule has 0 spiro atoms. The molecule has 0 saturated heterocycles. The van der Waals surface area contributed by atoms with Gasteiger partial charge < -0.3 is 24.7 Å². The normalized spacial score (nSPS) is 15.9. The average molecular weight is 432 g/mol. The number of carboxylic acids is 2. The first kappa shape index (κ1) is 23.2. The third kappa shape index (κ3) is 6.78. The second-order valence-electron chi connectivity index (χ2n) is 7.06. The van der Waals surface area contributed by atoms with Gasteiger partial charge in [0.15, 0.2) is 0 Å². The van der Waals surface area contributed by atoms with Gasteiger partial charge in [0.2, 0.25) is 0 Å². The van der Waals surface area contributed by atoms with E-state index >= 15 is 0 Å². The topological polar surface area (TPSA) is 103 Å². The lowest BCUT2D eigenvalue weighted by atomic mass is 10.2. The summed E-state index contributed by atoms with van der Waals surface area (Å²) in [7, 11) is 6.17. The minimum absolute atomic E-state index is 0.120. The number of likely N-dealkylation sites (N-methyl/N-ethyl adjacent to an activating group) is 1. The lowest BCUT2D eigenvalue weighted by Gasteiger charge is -2.22. The van der Waals surface area contributed by atoms with E-state index in [1.165, 1.54) is 0 Å². The Morgan fingerprint density at radius 3 is 2.50 bits per heavy atom. The summed E-state index contributed by atoms with van der Waals surface area (Å²) in [5.41, 5.74) is 1.73. The SMILES string of the molecule is CN(C)CCC1CN(C)C(=S)c2nc3ccccc3cc2O1.O=C(O)/C=C/C(=O)O. The second-order valence-corrected chi connectivity index (χ2v) is 7.44. The van der Waals surface area contributed by atoms with Crippen LogP contribution in [0.2, 0.25) is 0 Å². The van der Waals surface area contributed by atoms with E-state index in [9.17, 15) is 9.59 Å². The Morgan fingerprint density at radius 1 is 1.27 bits per heavy atom. The number of aliphatic carboxylic acids is 2. The first-order valence-corrected chi connectivity index (χ1v) is 9.68. The van der Waals surface area contributed by atoms with Crippen molar-refractivity contribution < 1.29 is 24.5 Å². The molecule has 1 atom stereocenters. The first-order valence-electron chi connectivity index (χ1n) is 9.28. The van der Waals surface area contributed by atoms with Gasteiger partial charge in [-0.25, -0.2) is 14.6 Å². The zero-order valence-corrected chi connectivity index (χ0v) is 17.9. The molecule has 2 heterocycles. The minimum atomic E-state index is -1.26. The number of carboxylic acid groups (broad SMARTS) is 2. The van der Waals surface area contributed by atoms with Crippen LogP contribution in [0.3, 0.4) is 0 Å². The molecular formula is C21H25N3O5S. The van der Waals surface area contributed by atoms with Crippen LogP contribution >= 0.6 is 12.2 Å². The highest BCUT2D eigenvalue weighted by molar-refractivity contribution is 7.80. The summed E-state index contributed by atoms with van der Waals surface area (Å²) in [5, 5.41) is 16.7. The number of hydrogen-bond acceptors (Lipinski definition) is 6. The molecule has 0 aliphatic carbocycles. The standard InChI is InChI=1S/C17H21N3OS.C4H4O4/c1-19(2)9-8-13-11-20(3)17(22)16-15(21-13)10-12-6-4-5-7-14(12)18-16;5-3(6)1-2-4(7)8/h4-7,10,13H,8-9,11H2,1-3H3;1-2H,(H,5,6)(H,7,8)/b;2-1+. The summed E-state index contributed by atoms with van der Waals surface area (Å²) in [5.74, 6) is -1.71. The monoisotopic (exact) mass is 431 g/mol. The van der Waals surface area contributed by atoms with Gasteiger partial charge in [0, 0.05) is 31.1 Å². The third-order valence-corrected chi connectivity index (χ3v) is 4.78. The van der Waals surface area contributed by atoms with Crippen molar-refractivity contribution in [3.8, 4) is 5.75 Å². The van der Waals surface area contributed by atoms with Crippen molar-refractivity contribution in [2.24, 2.45) is 0 Å². The van der Waals surface area contributed by atoms with Gasteiger partial charge in [-0.3, -0.25) is 0 Å². The molecule has 0 fully saturated rings. The number of pyridine rings is 1. The molecule has 2 aromatic rings. The summed E-state index contributed by atoms with van der Waals surface area (Å²) in [6, 6.07) is 10.1. The number of benzene rings is 1. The van der Waals surface area contributed by atoms with E-state index in [1.807, 2.05) is 25.2 Å². The molecule has 2 N–H and O–H groups in total. The molecule has 1 unspecified atom stereocenters. The van der Waals surface area contributed by atoms with Crippen molar-refractivity contribution >= 4 is 40.0 Å².